The van der Waals surface area contributed by atoms with Crippen LogP contribution in [0.25, 0.3) is 11.2 Å². The fourth-order valence-electron chi connectivity index (χ4n) is 8.23. The fraction of sp³-hybridized carbons (Fsp3) is 0.407. The molecule has 12 bridgehead atoms. The summed E-state index contributed by atoms with van der Waals surface area (Å²) in [5.41, 5.74) is 18.3. The topological polar surface area (TPSA) is 433 Å². The van der Waals surface area contributed by atoms with Gasteiger partial charge in [-0.05, 0) is 77.0 Å². The summed E-state index contributed by atoms with van der Waals surface area (Å²) >= 11 is 0. The van der Waals surface area contributed by atoms with E-state index < -0.39 is 45.0 Å². The van der Waals surface area contributed by atoms with Crippen LogP contribution in [-0.4, -0.2) is 129 Å². The van der Waals surface area contributed by atoms with Crippen molar-refractivity contribution in [2.24, 2.45) is 0 Å². The molecule has 0 atom stereocenters. The van der Waals surface area contributed by atoms with Crippen LogP contribution in [0.2, 0.25) is 0 Å². The normalized spacial score (nSPS) is 13.8. The van der Waals surface area contributed by atoms with Crippen molar-refractivity contribution >= 4 is 63.8 Å². The first kappa shape index (κ1) is 76.1. The highest BCUT2D eigenvalue weighted by Crippen LogP contribution is 2.36. The molecule has 0 unspecified atom stereocenters. The van der Waals surface area contributed by atoms with E-state index in [1.165, 1.54) is 17.0 Å². The van der Waals surface area contributed by atoms with Crippen molar-refractivity contribution < 1.29 is 84.8 Å². The van der Waals surface area contributed by atoms with Crippen molar-refractivity contribution in [1.82, 2.24) is 54.4 Å². The molecule has 3 aliphatic rings. The molecule has 7 aromatic rings. The van der Waals surface area contributed by atoms with Crippen LogP contribution >= 0.6 is 0 Å². The SMILES string of the molecule is C.C.CCOC(=O)N1Cc2cc(ccn2)OC/C=C\CCOc2nc(N)c([N+](=O)[O-])c1n2.CCOC(=O)N1Cc2cc(ccn2)OCCCCCOc2nc(N)c([N+](=O)[O-])c1n2.FF.FF.FF.Nc1nc2nc3c1[nH]c(=O)n3Cc1cc(ccn1)OCCCCCO2. The molecule has 39 heteroatoms. The number of ether oxygens (including phenoxy) is 8. The standard InChI is InChI=1S/C18H22N6O6.C18H20N6O6.C16H18N6O3.2CH4.3F2/c2*1-2-28-18(25)23-11-12-10-13(6-7-20-12)29-8-4-3-5-9-30-17-21-15(19)14(24(26)27)16(23)22-17;17-13-12-14-21-15(20-13)25-7-3-1-2-6-24-11-4-5-18-10(8-11)9-22(14)16(23)19-12;;;3*1-2/h6-7,10H,2-5,8-9,11H2,1H3,(H2,19,21,22);3-4,6-7,10H,2,5,8-9,11H2,1H3,(H2,19,21,22);4-5,8H,1-3,6-7,9H2,(H,19,23)(H2,17,20,21);2*1H4;;;/b;4-3-;;;;;;. The number of nitrogens with zero attached hydrogens (tertiary/aromatic N) is 14. The summed E-state index contributed by atoms with van der Waals surface area (Å²) < 4.78 is 93.3. The highest BCUT2D eigenvalue weighted by molar-refractivity contribution is 5.91. The van der Waals surface area contributed by atoms with Gasteiger partial charge in [0.05, 0.1) is 92.8 Å². The van der Waals surface area contributed by atoms with E-state index in [1.807, 2.05) is 18.2 Å². The molecule has 0 radical (unpaired) electrons. The van der Waals surface area contributed by atoms with Gasteiger partial charge in [-0.25, -0.2) is 24.2 Å². The first-order chi connectivity index (χ1) is 44.2. The minimum Gasteiger partial charge on any atom is -0.493 e. The third-order valence-electron chi connectivity index (χ3n) is 12.2. The van der Waals surface area contributed by atoms with Gasteiger partial charge in [0.1, 0.15) is 29.4 Å². The number of aromatic amines is 1. The Kier molecular flexibility index (Phi) is 32.5. The van der Waals surface area contributed by atoms with Gasteiger partial charge < -0.3 is 60.1 Å². The Labute approximate surface area is 525 Å². The van der Waals surface area contributed by atoms with Crippen molar-refractivity contribution in [1.29, 1.82) is 0 Å². The van der Waals surface area contributed by atoms with E-state index in [0.717, 1.165) is 47.7 Å². The molecular formula is C54H68F6N18O15. The summed E-state index contributed by atoms with van der Waals surface area (Å²) in [5.74, 6) is 0.500. The van der Waals surface area contributed by atoms with Crippen molar-refractivity contribution in [3.05, 3.63) is 115 Å². The molecule has 10 heterocycles. The number of fused-ring (bicyclic) bond motifs is 11. The molecule has 10 rings (SSSR count). The Morgan fingerprint density at radius 3 is 1.40 bits per heavy atom. The van der Waals surface area contributed by atoms with Crippen molar-refractivity contribution in [3.8, 4) is 35.3 Å². The van der Waals surface area contributed by atoms with Gasteiger partial charge in [-0.2, -0.15) is 29.9 Å². The number of aromatic nitrogens is 11. The van der Waals surface area contributed by atoms with Crippen LogP contribution < -0.4 is 61.1 Å². The largest absolute Gasteiger partial charge is 0.493 e. The van der Waals surface area contributed by atoms with Crippen LogP contribution in [0.5, 0.6) is 35.3 Å². The van der Waals surface area contributed by atoms with Crippen molar-refractivity contribution in [2.45, 2.75) is 93.3 Å². The summed E-state index contributed by atoms with van der Waals surface area (Å²) in [6, 6.07) is 10.1. The number of nitrogens with one attached hydrogen (secondary N) is 1. The number of hydrogen-bond donors (Lipinski definition) is 4. The molecule has 7 aromatic heterocycles. The summed E-state index contributed by atoms with van der Waals surface area (Å²) in [4.78, 5) is 101. The van der Waals surface area contributed by atoms with Gasteiger partial charge in [-0.1, -0.05) is 27.0 Å². The molecular weight excluding hydrogens is 1250 g/mol. The van der Waals surface area contributed by atoms with Crippen LogP contribution in [0.4, 0.5) is 77.5 Å². The van der Waals surface area contributed by atoms with Crippen LogP contribution in [0.3, 0.4) is 0 Å². The molecule has 0 spiro atoms. The minimum absolute atomic E-state index is 0. The summed E-state index contributed by atoms with van der Waals surface area (Å²) in [5, 5.41) is 23.3. The first-order valence-corrected chi connectivity index (χ1v) is 27.2. The molecule has 0 saturated carbocycles. The van der Waals surface area contributed by atoms with Gasteiger partial charge in [0.15, 0.2) is 11.5 Å². The zero-order chi connectivity index (χ0) is 66.2. The molecule has 0 fully saturated rings. The zero-order valence-electron chi connectivity index (χ0n) is 48.5. The molecule has 3 aliphatic heterocycles. The fourth-order valence-corrected chi connectivity index (χ4v) is 8.23. The van der Waals surface area contributed by atoms with E-state index in [-0.39, 0.29) is 102 Å². The van der Waals surface area contributed by atoms with E-state index in [0.29, 0.717) is 79.0 Å². The van der Waals surface area contributed by atoms with E-state index in [1.54, 1.807) is 50.4 Å². The van der Waals surface area contributed by atoms with Gasteiger partial charge in [0.25, 0.3) is 0 Å². The molecule has 0 aliphatic carbocycles. The second-order valence-electron chi connectivity index (χ2n) is 18.2. The number of imidazole rings is 1. The lowest BCUT2D eigenvalue weighted by molar-refractivity contribution is -0.383. The van der Waals surface area contributed by atoms with E-state index in [2.05, 4.69) is 49.8 Å². The summed E-state index contributed by atoms with van der Waals surface area (Å²) in [6.45, 7) is 5.66. The van der Waals surface area contributed by atoms with Gasteiger partial charge in [0.2, 0.25) is 23.3 Å². The summed E-state index contributed by atoms with van der Waals surface area (Å²) in [7, 11) is 0. The number of hydrogen-bond acceptors (Lipinski definition) is 27. The molecule has 93 heavy (non-hydrogen) atoms. The number of pyridine rings is 3. The van der Waals surface area contributed by atoms with Gasteiger partial charge in [0, 0.05) is 64.2 Å². The number of H-pyrrole nitrogens is 1. The Hall–Kier alpha value is -11.2. The van der Waals surface area contributed by atoms with Crippen LogP contribution in [0.15, 0.2) is 71.9 Å². The van der Waals surface area contributed by atoms with Crippen LogP contribution in [0, 0.1) is 20.2 Å². The number of anilines is 5. The quantitative estimate of drug-likeness (QED) is 0.0551. The Balaban J connectivity index is 0.000000347. The maximum atomic E-state index is 12.7. The Morgan fingerprint density at radius 2 is 0.957 bits per heavy atom. The van der Waals surface area contributed by atoms with Crippen molar-refractivity contribution in [3.63, 3.8) is 0 Å². The predicted octanol–water partition coefficient (Wildman–Crippen LogP) is 9.59. The highest BCUT2D eigenvalue weighted by atomic mass is 20.0. The van der Waals surface area contributed by atoms with E-state index in [4.69, 9.17) is 82.5 Å². The molecule has 7 N–H and O–H groups in total. The Morgan fingerprint density at radius 1 is 0.559 bits per heavy atom. The van der Waals surface area contributed by atoms with Crippen LogP contribution in [-0.2, 0) is 29.1 Å². The molecule has 0 aromatic carbocycles. The van der Waals surface area contributed by atoms with Crippen LogP contribution in [0.1, 0.15) is 90.7 Å². The first-order valence-electron chi connectivity index (χ1n) is 27.2. The number of nitrogen functional groups attached to an aromatic ring is 3. The highest BCUT2D eigenvalue weighted by Gasteiger charge is 2.35. The summed E-state index contributed by atoms with van der Waals surface area (Å²) in [6.07, 6.45) is 12.3. The number of halogens is 6. The minimum atomic E-state index is -0.858. The maximum absolute atomic E-state index is 12.7. The average molecular weight is 1320 g/mol. The maximum Gasteiger partial charge on any atom is 0.416 e. The number of rotatable bonds is 4. The van der Waals surface area contributed by atoms with Gasteiger partial charge in [-0.15, -0.1) is 0 Å². The molecule has 506 valence electrons. The van der Waals surface area contributed by atoms with Gasteiger partial charge in [-0.3, -0.25) is 39.7 Å². The smallest absolute Gasteiger partial charge is 0.416 e. The number of nitrogens with two attached hydrogens (primary N) is 3. The molecule has 33 nitrogen and oxygen atoms in total. The second-order valence-corrected chi connectivity index (χ2v) is 18.2. The van der Waals surface area contributed by atoms with Crippen molar-refractivity contribution in [2.75, 3.05) is 79.9 Å². The number of carbonyl (C=O) groups is 2. The van der Waals surface area contributed by atoms with E-state index >= 15 is 0 Å². The zero-order valence-corrected chi connectivity index (χ0v) is 48.5. The number of carbonyl (C=O) groups excluding carboxylic acids is 2. The third kappa shape index (κ3) is 22.1. The number of nitro groups is 2. The molecule has 0 saturated heterocycles. The third-order valence-corrected chi connectivity index (χ3v) is 12.2. The Bertz CT molecular complexity index is 3600. The average Bonchev–Trinajstić information content (AvgIpc) is 1.81. The second kappa shape index (κ2) is 39.7. The lowest BCUT2D eigenvalue weighted by Gasteiger charge is -2.21. The lowest BCUT2D eigenvalue weighted by Crippen LogP contribution is -2.33. The van der Waals surface area contributed by atoms with E-state index in [9.17, 15) is 34.6 Å². The lowest BCUT2D eigenvalue weighted by atomic mass is 10.2. The molecule has 2 amide bonds. The number of amides is 2. The monoisotopic (exact) mass is 1320 g/mol. The van der Waals surface area contributed by atoms with Gasteiger partial charge >= 0.3 is 47.3 Å². The predicted molar refractivity (Wildman–Crippen MR) is 322 cm³/mol.